The maximum Gasteiger partial charge on any atom is 0.261 e. The van der Waals surface area contributed by atoms with Crippen LogP contribution in [0.15, 0.2) is 24.3 Å². The smallest absolute Gasteiger partial charge is 0.261 e. The van der Waals surface area contributed by atoms with Gasteiger partial charge in [0, 0.05) is 13.1 Å². The van der Waals surface area contributed by atoms with Crippen LogP contribution < -0.4 is 14.4 Å². The van der Waals surface area contributed by atoms with Crippen LogP contribution in [0.4, 0.5) is 5.69 Å². The van der Waals surface area contributed by atoms with Gasteiger partial charge in [-0.05, 0) is 44.0 Å². The Kier molecular flexibility index (Phi) is 6.87. The van der Waals surface area contributed by atoms with E-state index in [-0.39, 0.29) is 11.9 Å². The summed E-state index contributed by atoms with van der Waals surface area (Å²) in [7, 11) is -1.81. The van der Waals surface area contributed by atoms with Gasteiger partial charge in [0.25, 0.3) is 5.91 Å². The van der Waals surface area contributed by atoms with E-state index < -0.39 is 16.1 Å². The summed E-state index contributed by atoms with van der Waals surface area (Å²) in [5, 5.41) is 2.90. The zero-order chi connectivity index (χ0) is 17.6. The van der Waals surface area contributed by atoms with Gasteiger partial charge < -0.3 is 10.1 Å². The number of hydrogen-bond donors (Lipinski definition) is 1. The van der Waals surface area contributed by atoms with Crippen LogP contribution in [-0.2, 0) is 14.8 Å². The molecule has 0 aliphatic rings. The molecule has 1 N–H and O–H groups in total. The topological polar surface area (TPSA) is 75.7 Å². The van der Waals surface area contributed by atoms with Crippen molar-refractivity contribution in [1.29, 1.82) is 0 Å². The molecule has 1 aromatic carbocycles. The molecule has 6 nitrogen and oxygen atoms in total. The highest BCUT2D eigenvalue weighted by molar-refractivity contribution is 7.92. The molecule has 0 saturated carbocycles. The lowest BCUT2D eigenvalue weighted by Crippen LogP contribution is -2.42. The average molecular weight is 342 g/mol. The standard InChI is InChI=1S/C16H26N2O4S/c1-6-12(3)17-16(19)15(7-2)22-14-10-8-13(9-11-14)18(4)23(5,20)21/h8-12,15H,6-7H2,1-5H3,(H,17,19)/t12-,15+/m1/s1. The van der Waals surface area contributed by atoms with Crippen LogP contribution in [0.25, 0.3) is 0 Å². The van der Waals surface area contributed by atoms with E-state index in [4.69, 9.17) is 4.74 Å². The molecule has 1 rings (SSSR count). The van der Waals surface area contributed by atoms with Crippen LogP contribution in [0.2, 0.25) is 0 Å². The van der Waals surface area contributed by atoms with Crippen molar-refractivity contribution < 1.29 is 17.9 Å². The number of anilines is 1. The first-order chi connectivity index (χ1) is 10.7. The zero-order valence-corrected chi connectivity index (χ0v) is 15.2. The summed E-state index contributed by atoms with van der Waals surface area (Å²) < 4.78 is 29.9. The number of hydrogen-bond acceptors (Lipinski definition) is 4. The van der Waals surface area contributed by atoms with E-state index in [0.717, 1.165) is 12.7 Å². The van der Waals surface area contributed by atoms with E-state index in [1.54, 1.807) is 24.3 Å². The minimum absolute atomic E-state index is 0.103. The van der Waals surface area contributed by atoms with Gasteiger partial charge in [-0.1, -0.05) is 13.8 Å². The van der Waals surface area contributed by atoms with Crippen molar-refractivity contribution in [2.75, 3.05) is 17.6 Å². The van der Waals surface area contributed by atoms with Gasteiger partial charge in [-0.25, -0.2) is 8.42 Å². The second-order valence-electron chi connectivity index (χ2n) is 5.56. The molecule has 7 heteroatoms. The number of carbonyl (C=O) groups is 1. The van der Waals surface area contributed by atoms with E-state index in [0.29, 0.717) is 17.9 Å². The monoisotopic (exact) mass is 342 g/mol. The molecule has 0 aliphatic heterocycles. The predicted octanol–water partition coefficient (Wildman–Crippen LogP) is 2.15. The molecule has 0 saturated heterocycles. The minimum Gasteiger partial charge on any atom is -0.481 e. The molecule has 1 amide bonds. The van der Waals surface area contributed by atoms with Gasteiger partial charge in [0.05, 0.1) is 11.9 Å². The third kappa shape index (κ3) is 5.74. The summed E-state index contributed by atoms with van der Waals surface area (Å²) in [4.78, 5) is 12.1. The fourth-order valence-corrected chi connectivity index (χ4v) is 2.36. The van der Waals surface area contributed by atoms with Gasteiger partial charge in [0.15, 0.2) is 6.10 Å². The molecule has 2 atom stereocenters. The second-order valence-corrected chi connectivity index (χ2v) is 7.57. The SMILES string of the molecule is CC[C@@H](C)NC(=O)[C@H](CC)Oc1ccc(N(C)S(C)(=O)=O)cc1. The van der Waals surface area contributed by atoms with Crippen molar-refractivity contribution in [3.05, 3.63) is 24.3 Å². The molecular weight excluding hydrogens is 316 g/mol. The van der Waals surface area contributed by atoms with Crippen LogP contribution >= 0.6 is 0 Å². The molecule has 23 heavy (non-hydrogen) atoms. The van der Waals surface area contributed by atoms with Gasteiger partial charge in [-0.2, -0.15) is 0 Å². The number of amides is 1. The number of nitrogens with one attached hydrogen (secondary N) is 1. The van der Waals surface area contributed by atoms with E-state index in [2.05, 4.69) is 5.32 Å². The first-order valence-electron chi connectivity index (χ1n) is 7.70. The first kappa shape index (κ1) is 19.3. The first-order valence-corrected chi connectivity index (χ1v) is 9.54. The average Bonchev–Trinajstić information content (AvgIpc) is 2.51. The lowest BCUT2D eigenvalue weighted by atomic mass is 10.2. The van der Waals surface area contributed by atoms with E-state index in [1.807, 2.05) is 20.8 Å². The largest absolute Gasteiger partial charge is 0.481 e. The van der Waals surface area contributed by atoms with E-state index in [9.17, 15) is 13.2 Å². The maximum atomic E-state index is 12.1. The normalized spacial score (nSPS) is 14.0. The second kappa shape index (κ2) is 8.19. The Morgan fingerprint density at radius 3 is 2.22 bits per heavy atom. The Labute approximate surface area is 138 Å². The highest BCUT2D eigenvalue weighted by Gasteiger charge is 2.20. The molecule has 0 heterocycles. The van der Waals surface area contributed by atoms with Crippen LogP contribution in [-0.4, -0.2) is 39.8 Å². The Bertz CT molecular complexity index is 613. The number of carbonyl (C=O) groups excluding carboxylic acids is 1. The van der Waals surface area contributed by atoms with E-state index >= 15 is 0 Å². The predicted molar refractivity (Wildman–Crippen MR) is 92.3 cm³/mol. The maximum absolute atomic E-state index is 12.1. The van der Waals surface area contributed by atoms with Crippen LogP contribution in [0.3, 0.4) is 0 Å². The summed E-state index contributed by atoms with van der Waals surface area (Å²) in [6.45, 7) is 5.83. The molecule has 0 spiro atoms. The van der Waals surface area contributed by atoms with Crippen LogP contribution in [0, 0.1) is 0 Å². The molecule has 0 unspecified atom stereocenters. The van der Waals surface area contributed by atoms with Crippen molar-refractivity contribution in [2.45, 2.75) is 45.8 Å². The van der Waals surface area contributed by atoms with Crippen LogP contribution in [0.1, 0.15) is 33.6 Å². The minimum atomic E-state index is -3.30. The molecular formula is C16H26N2O4S. The van der Waals surface area contributed by atoms with Crippen molar-refractivity contribution >= 4 is 21.6 Å². The Morgan fingerprint density at radius 2 is 1.78 bits per heavy atom. The Balaban J connectivity index is 2.78. The van der Waals surface area contributed by atoms with Gasteiger partial charge in [-0.3, -0.25) is 9.10 Å². The number of sulfonamides is 1. The molecule has 0 fully saturated rings. The van der Waals surface area contributed by atoms with Crippen molar-refractivity contribution in [3.8, 4) is 5.75 Å². The molecule has 0 radical (unpaired) electrons. The molecule has 0 aromatic heterocycles. The highest BCUT2D eigenvalue weighted by Crippen LogP contribution is 2.21. The lowest BCUT2D eigenvalue weighted by Gasteiger charge is -2.21. The number of nitrogens with zero attached hydrogens (tertiary/aromatic N) is 1. The Hall–Kier alpha value is -1.76. The zero-order valence-electron chi connectivity index (χ0n) is 14.4. The summed E-state index contributed by atoms with van der Waals surface area (Å²) in [6, 6.07) is 6.73. The quantitative estimate of drug-likeness (QED) is 0.785. The van der Waals surface area contributed by atoms with Crippen molar-refractivity contribution in [3.63, 3.8) is 0 Å². The highest BCUT2D eigenvalue weighted by atomic mass is 32.2. The Morgan fingerprint density at radius 1 is 1.22 bits per heavy atom. The summed E-state index contributed by atoms with van der Waals surface area (Å²) in [5.41, 5.74) is 0.539. The van der Waals surface area contributed by atoms with Crippen molar-refractivity contribution in [1.82, 2.24) is 5.32 Å². The van der Waals surface area contributed by atoms with Gasteiger partial charge in [0.2, 0.25) is 10.0 Å². The number of ether oxygens (including phenoxy) is 1. The van der Waals surface area contributed by atoms with Gasteiger partial charge >= 0.3 is 0 Å². The molecule has 0 aliphatic carbocycles. The third-order valence-electron chi connectivity index (χ3n) is 3.64. The number of benzene rings is 1. The number of rotatable bonds is 8. The fourth-order valence-electron chi connectivity index (χ4n) is 1.85. The van der Waals surface area contributed by atoms with Crippen molar-refractivity contribution in [2.24, 2.45) is 0 Å². The van der Waals surface area contributed by atoms with Crippen LogP contribution in [0.5, 0.6) is 5.75 Å². The third-order valence-corrected chi connectivity index (χ3v) is 4.85. The summed E-state index contributed by atoms with van der Waals surface area (Å²) >= 11 is 0. The molecule has 1 aromatic rings. The van der Waals surface area contributed by atoms with E-state index in [1.165, 1.54) is 11.4 Å². The lowest BCUT2D eigenvalue weighted by molar-refractivity contribution is -0.128. The summed E-state index contributed by atoms with van der Waals surface area (Å²) in [5.74, 6) is 0.390. The van der Waals surface area contributed by atoms with Gasteiger partial charge in [-0.15, -0.1) is 0 Å². The molecule has 130 valence electrons. The summed E-state index contributed by atoms with van der Waals surface area (Å²) in [6.07, 6.45) is 1.98. The van der Waals surface area contributed by atoms with Gasteiger partial charge in [0.1, 0.15) is 5.75 Å². The molecule has 0 bridgehead atoms. The fraction of sp³-hybridized carbons (Fsp3) is 0.562.